The Labute approximate surface area is 161 Å². The van der Waals surface area contributed by atoms with E-state index in [1.807, 2.05) is 25.3 Å². The smallest absolute Gasteiger partial charge is 0.152 e. The van der Waals surface area contributed by atoms with Crippen LogP contribution in [0.3, 0.4) is 0 Å². The summed E-state index contributed by atoms with van der Waals surface area (Å²) >= 11 is 0. The highest BCUT2D eigenvalue weighted by Gasteiger charge is 2.27. The molecular formula is C23H27N3O. The Morgan fingerprint density at radius 3 is 2.37 bits per heavy atom. The average Bonchev–Trinajstić information content (AvgIpc) is 3.18. The van der Waals surface area contributed by atoms with Gasteiger partial charge in [0.2, 0.25) is 0 Å². The van der Waals surface area contributed by atoms with E-state index < -0.39 is 0 Å². The van der Waals surface area contributed by atoms with Gasteiger partial charge >= 0.3 is 0 Å². The Kier molecular flexibility index (Phi) is 5.26. The highest BCUT2D eigenvalue weighted by Crippen LogP contribution is 2.38. The quantitative estimate of drug-likeness (QED) is 0.742. The molecule has 0 saturated heterocycles. The molecule has 0 unspecified atom stereocenters. The van der Waals surface area contributed by atoms with Crippen LogP contribution in [0.15, 0.2) is 52.4 Å². The van der Waals surface area contributed by atoms with Crippen LogP contribution >= 0.6 is 0 Å². The first kappa shape index (κ1) is 19.0. The number of aliphatic imine (C=N–C) groups is 1. The second kappa shape index (κ2) is 7.47. The van der Waals surface area contributed by atoms with Crippen molar-refractivity contribution in [3.63, 3.8) is 0 Å². The number of pyridine rings is 1. The van der Waals surface area contributed by atoms with Crippen LogP contribution < -0.4 is 0 Å². The number of aldehydes is 1. The van der Waals surface area contributed by atoms with Crippen LogP contribution in [0.1, 0.15) is 63.1 Å². The lowest BCUT2D eigenvalue weighted by molar-refractivity contribution is -0.104. The molecule has 1 aliphatic rings. The molecule has 2 aromatic rings. The molecule has 1 N–H and O–H groups in total. The van der Waals surface area contributed by atoms with E-state index in [4.69, 9.17) is 4.99 Å². The average molecular weight is 361 g/mol. The van der Waals surface area contributed by atoms with Crippen LogP contribution in [0.25, 0.3) is 5.57 Å². The SMILES string of the molecule is CC1=C(C=O)C(C(C)C)=N/C1=C(/c1cccnc1)c1[nH]c(C(C)C)cc1C. The van der Waals surface area contributed by atoms with Crippen LogP contribution in [0.5, 0.6) is 0 Å². The van der Waals surface area contributed by atoms with Gasteiger partial charge in [-0.1, -0.05) is 33.8 Å². The van der Waals surface area contributed by atoms with Crippen molar-refractivity contribution in [3.05, 3.63) is 70.0 Å². The number of aromatic nitrogens is 2. The van der Waals surface area contributed by atoms with Crippen LogP contribution in [0.4, 0.5) is 0 Å². The second-order valence-electron chi connectivity index (χ2n) is 7.71. The summed E-state index contributed by atoms with van der Waals surface area (Å²) in [6, 6.07) is 6.17. The highest BCUT2D eigenvalue weighted by atomic mass is 16.1. The maximum atomic E-state index is 11.8. The fourth-order valence-electron chi connectivity index (χ4n) is 3.48. The number of H-pyrrole nitrogens is 1. The number of nitrogens with one attached hydrogen (secondary N) is 1. The zero-order chi connectivity index (χ0) is 19.7. The van der Waals surface area contributed by atoms with Crippen LogP contribution in [-0.2, 0) is 4.79 Å². The van der Waals surface area contributed by atoms with Crippen molar-refractivity contribution >= 4 is 17.6 Å². The highest BCUT2D eigenvalue weighted by molar-refractivity contribution is 6.20. The molecule has 2 aromatic heterocycles. The molecule has 3 heterocycles. The monoisotopic (exact) mass is 361 g/mol. The summed E-state index contributed by atoms with van der Waals surface area (Å²) in [4.78, 5) is 24.6. The van der Waals surface area contributed by atoms with E-state index in [1.54, 1.807) is 6.20 Å². The summed E-state index contributed by atoms with van der Waals surface area (Å²) in [6.07, 6.45) is 4.56. The molecule has 4 nitrogen and oxygen atoms in total. The maximum Gasteiger partial charge on any atom is 0.152 e. The van der Waals surface area contributed by atoms with E-state index in [2.05, 4.69) is 50.7 Å². The van der Waals surface area contributed by atoms with E-state index in [0.29, 0.717) is 11.5 Å². The number of carbonyl (C=O) groups excluding carboxylic acids is 1. The molecule has 0 atom stereocenters. The summed E-state index contributed by atoms with van der Waals surface area (Å²) in [6.45, 7) is 12.6. The molecule has 0 aromatic carbocycles. The third-order valence-electron chi connectivity index (χ3n) is 5.03. The molecule has 27 heavy (non-hydrogen) atoms. The molecule has 0 radical (unpaired) electrons. The van der Waals surface area contributed by atoms with Gasteiger partial charge in [0.05, 0.1) is 17.1 Å². The van der Waals surface area contributed by atoms with Crippen molar-refractivity contribution in [1.29, 1.82) is 0 Å². The van der Waals surface area contributed by atoms with Gasteiger partial charge in [-0.15, -0.1) is 0 Å². The Hall–Kier alpha value is -2.75. The number of allylic oxidation sites excluding steroid dienone is 2. The number of aryl methyl sites for hydroxylation is 1. The van der Waals surface area contributed by atoms with Gasteiger partial charge in [-0.3, -0.25) is 14.8 Å². The molecule has 3 rings (SSSR count). The van der Waals surface area contributed by atoms with Gasteiger partial charge in [0.25, 0.3) is 0 Å². The summed E-state index contributed by atoms with van der Waals surface area (Å²) < 4.78 is 0. The van der Waals surface area contributed by atoms with Gasteiger partial charge < -0.3 is 4.98 Å². The molecule has 0 amide bonds. The predicted octanol–water partition coefficient (Wildman–Crippen LogP) is 5.23. The zero-order valence-electron chi connectivity index (χ0n) is 16.9. The number of aromatic amines is 1. The minimum Gasteiger partial charge on any atom is -0.358 e. The predicted molar refractivity (Wildman–Crippen MR) is 111 cm³/mol. The van der Waals surface area contributed by atoms with Crippen molar-refractivity contribution in [2.24, 2.45) is 10.9 Å². The van der Waals surface area contributed by atoms with E-state index >= 15 is 0 Å². The van der Waals surface area contributed by atoms with Crippen molar-refractivity contribution < 1.29 is 4.79 Å². The zero-order valence-corrected chi connectivity index (χ0v) is 16.9. The first-order valence-corrected chi connectivity index (χ1v) is 9.45. The lowest BCUT2D eigenvalue weighted by Crippen LogP contribution is -2.09. The van der Waals surface area contributed by atoms with Gasteiger partial charge in [0, 0.05) is 34.8 Å². The summed E-state index contributed by atoms with van der Waals surface area (Å²) in [5, 5.41) is 0. The Bertz CT molecular complexity index is 957. The standard InChI is InChI=1S/C23H27N3O/c1-13(2)19-10-15(5)22(25-19)20(17-8-7-9-24-11-17)23-16(6)18(12-27)21(26-23)14(3)4/h7-14,25H,1-6H3/b23-20-. The topological polar surface area (TPSA) is 58.1 Å². The van der Waals surface area contributed by atoms with Crippen LogP contribution in [0.2, 0.25) is 0 Å². The molecule has 0 saturated carbocycles. The molecule has 0 fully saturated rings. The number of hydrogen-bond acceptors (Lipinski definition) is 3. The van der Waals surface area contributed by atoms with Crippen LogP contribution in [-0.4, -0.2) is 22.0 Å². The van der Waals surface area contributed by atoms with Gasteiger partial charge in [0.15, 0.2) is 6.29 Å². The fourth-order valence-corrected chi connectivity index (χ4v) is 3.48. The van der Waals surface area contributed by atoms with Gasteiger partial charge in [-0.05, 0) is 49.0 Å². The van der Waals surface area contributed by atoms with Crippen molar-refractivity contribution in [2.75, 3.05) is 0 Å². The van der Waals surface area contributed by atoms with E-state index in [9.17, 15) is 4.79 Å². The van der Waals surface area contributed by atoms with Gasteiger partial charge in [-0.25, -0.2) is 0 Å². The van der Waals surface area contributed by atoms with E-state index in [-0.39, 0.29) is 5.92 Å². The second-order valence-corrected chi connectivity index (χ2v) is 7.71. The summed E-state index contributed by atoms with van der Waals surface area (Å²) in [5.41, 5.74) is 8.72. The molecule has 4 heteroatoms. The van der Waals surface area contributed by atoms with E-state index in [1.165, 1.54) is 11.3 Å². The molecule has 0 aliphatic carbocycles. The first-order chi connectivity index (χ1) is 12.8. The maximum absolute atomic E-state index is 11.8. The molecular weight excluding hydrogens is 334 g/mol. The van der Waals surface area contributed by atoms with Gasteiger partial charge in [0.1, 0.15) is 0 Å². The number of nitrogens with zero attached hydrogens (tertiary/aromatic N) is 2. The lowest BCUT2D eigenvalue weighted by Gasteiger charge is -2.12. The molecule has 140 valence electrons. The number of rotatable bonds is 5. The van der Waals surface area contributed by atoms with Crippen molar-refractivity contribution in [2.45, 2.75) is 47.5 Å². The van der Waals surface area contributed by atoms with Crippen molar-refractivity contribution in [1.82, 2.24) is 9.97 Å². The first-order valence-electron chi connectivity index (χ1n) is 9.45. The summed E-state index contributed by atoms with van der Waals surface area (Å²) in [5.74, 6) is 0.585. The Morgan fingerprint density at radius 2 is 1.89 bits per heavy atom. The third kappa shape index (κ3) is 3.44. The largest absolute Gasteiger partial charge is 0.358 e. The molecule has 0 spiro atoms. The molecule has 0 bridgehead atoms. The minimum atomic E-state index is 0.184. The fraction of sp³-hybridized carbons (Fsp3) is 0.348. The van der Waals surface area contributed by atoms with Crippen molar-refractivity contribution in [3.8, 4) is 0 Å². The van der Waals surface area contributed by atoms with E-state index in [0.717, 1.165) is 40.1 Å². The van der Waals surface area contributed by atoms with Gasteiger partial charge in [-0.2, -0.15) is 0 Å². The minimum absolute atomic E-state index is 0.184. The summed E-state index contributed by atoms with van der Waals surface area (Å²) in [7, 11) is 0. The number of carbonyl (C=O) groups is 1. The third-order valence-corrected chi connectivity index (χ3v) is 5.03. The Morgan fingerprint density at radius 1 is 1.15 bits per heavy atom. The Balaban J connectivity index is 2.35. The van der Waals surface area contributed by atoms with Crippen LogP contribution in [0, 0.1) is 12.8 Å². The number of hydrogen-bond donors (Lipinski definition) is 1. The normalized spacial score (nSPS) is 16.4. The molecule has 1 aliphatic heterocycles. The lowest BCUT2D eigenvalue weighted by atomic mass is 9.95.